The molecule has 1 aromatic heterocycles. The molecule has 2 N–H and O–H groups in total. The summed E-state index contributed by atoms with van der Waals surface area (Å²) in [4.78, 5) is 16.9. The SMILES string of the molecule is O=C(NC(c1cccc(F)c1)c1ccccn1)C1CCNCC1. The number of pyridine rings is 1. The van der Waals surface area contributed by atoms with Crippen molar-refractivity contribution in [3.63, 3.8) is 0 Å². The molecule has 1 saturated heterocycles. The van der Waals surface area contributed by atoms with Crippen molar-refractivity contribution in [3.8, 4) is 0 Å². The number of hydrogen-bond donors (Lipinski definition) is 2. The number of nitrogens with zero attached hydrogens (tertiary/aromatic N) is 1. The topological polar surface area (TPSA) is 54.0 Å². The zero-order valence-corrected chi connectivity index (χ0v) is 12.8. The van der Waals surface area contributed by atoms with E-state index < -0.39 is 6.04 Å². The molecule has 4 nitrogen and oxygen atoms in total. The summed E-state index contributed by atoms with van der Waals surface area (Å²) in [6.45, 7) is 1.71. The van der Waals surface area contributed by atoms with Gasteiger partial charge in [0.1, 0.15) is 5.82 Å². The maximum Gasteiger partial charge on any atom is 0.224 e. The molecule has 0 saturated carbocycles. The lowest BCUT2D eigenvalue weighted by Crippen LogP contribution is -2.40. The highest BCUT2D eigenvalue weighted by Crippen LogP contribution is 2.23. The first-order chi connectivity index (χ1) is 11.2. The lowest BCUT2D eigenvalue weighted by Gasteiger charge is -2.25. The molecule has 0 aliphatic carbocycles. The zero-order chi connectivity index (χ0) is 16.1. The van der Waals surface area contributed by atoms with Crippen LogP contribution in [-0.2, 0) is 4.79 Å². The second-order valence-electron chi connectivity index (χ2n) is 5.78. The van der Waals surface area contributed by atoms with E-state index in [1.165, 1.54) is 12.1 Å². The fourth-order valence-electron chi connectivity index (χ4n) is 2.91. The first kappa shape index (κ1) is 15.6. The van der Waals surface area contributed by atoms with E-state index in [1.807, 2.05) is 24.3 Å². The summed E-state index contributed by atoms with van der Waals surface area (Å²) in [5.41, 5.74) is 1.41. The molecule has 2 heterocycles. The molecule has 1 fully saturated rings. The van der Waals surface area contributed by atoms with E-state index in [1.54, 1.807) is 12.3 Å². The van der Waals surface area contributed by atoms with Crippen molar-refractivity contribution in [2.75, 3.05) is 13.1 Å². The second-order valence-corrected chi connectivity index (χ2v) is 5.78. The molecular weight excluding hydrogens is 293 g/mol. The Morgan fingerprint density at radius 3 is 2.74 bits per heavy atom. The minimum Gasteiger partial charge on any atom is -0.343 e. The van der Waals surface area contributed by atoms with E-state index in [4.69, 9.17) is 0 Å². The number of rotatable bonds is 4. The normalized spacial score (nSPS) is 16.7. The van der Waals surface area contributed by atoms with Crippen LogP contribution < -0.4 is 10.6 Å². The maximum atomic E-state index is 13.6. The van der Waals surface area contributed by atoms with Crippen LogP contribution in [0.5, 0.6) is 0 Å². The van der Waals surface area contributed by atoms with Crippen LogP contribution in [-0.4, -0.2) is 24.0 Å². The lowest BCUT2D eigenvalue weighted by molar-refractivity contribution is -0.126. The maximum absolute atomic E-state index is 13.6. The minimum atomic E-state index is -0.436. The molecule has 5 heteroatoms. The van der Waals surface area contributed by atoms with Crippen molar-refractivity contribution in [1.82, 2.24) is 15.6 Å². The highest BCUT2D eigenvalue weighted by atomic mass is 19.1. The van der Waals surface area contributed by atoms with Crippen LogP contribution in [0.15, 0.2) is 48.7 Å². The summed E-state index contributed by atoms with van der Waals surface area (Å²) in [6.07, 6.45) is 3.33. The van der Waals surface area contributed by atoms with Gasteiger partial charge in [0.15, 0.2) is 0 Å². The van der Waals surface area contributed by atoms with Gasteiger partial charge in [-0.05, 0) is 55.8 Å². The molecule has 3 rings (SSSR count). The minimum absolute atomic E-state index is 0.00368. The van der Waals surface area contributed by atoms with Crippen molar-refractivity contribution >= 4 is 5.91 Å². The number of amides is 1. The Labute approximate surface area is 135 Å². The van der Waals surface area contributed by atoms with Gasteiger partial charge in [-0.1, -0.05) is 18.2 Å². The number of hydrogen-bond acceptors (Lipinski definition) is 3. The van der Waals surface area contributed by atoms with Gasteiger partial charge in [-0.3, -0.25) is 9.78 Å². The van der Waals surface area contributed by atoms with Crippen LogP contribution >= 0.6 is 0 Å². The van der Waals surface area contributed by atoms with Gasteiger partial charge in [0, 0.05) is 12.1 Å². The molecule has 1 aromatic carbocycles. The Balaban J connectivity index is 1.85. The largest absolute Gasteiger partial charge is 0.343 e. The molecule has 1 amide bonds. The summed E-state index contributed by atoms with van der Waals surface area (Å²) in [7, 11) is 0. The molecule has 1 atom stereocenters. The zero-order valence-electron chi connectivity index (χ0n) is 12.8. The lowest BCUT2D eigenvalue weighted by atomic mass is 9.95. The van der Waals surface area contributed by atoms with Gasteiger partial charge in [-0.2, -0.15) is 0 Å². The Morgan fingerprint density at radius 1 is 1.22 bits per heavy atom. The molecule has 1 aliphatic heterocycles. The van der Waals surface area contributed by atoms with Crippen LogP contribution in [0.3, 0.4) is 0 Å². The Bertz CT molecular complexity index is 656. The monoisotopic (exact) mass is 313 g/mol. The average molecular weight is 313 g/mol. The summed E-state index contributed by atoms with van der Waals surface area (Å²) >= 11 is 0. The molecule has 0 spiro atoms. The smallest absolute Gasteiger partial charge is 0.224 e. The van der Waals surface area contributed by atoms with Crippen molar-refractivity contribution in [2.45, 2.75) is 18.9 Å². The third-order valence-corrected chi connectivity index (χ3v) is 4.16. The number of nitrogens with one attached hydrogen (secondary N) is 2. The van der Waals surface area contributed by atoms with E-state index in [0.29, 0.717) is 11.3 Å². The molecule has 0 bridgehead atoms. The number of halogens is 1. The Kier molecular flexibility index (Phi) is 4.98. The van der Waals surface area contributed by atoms with E-state index in [2.05, 4.69) is 15.6 Å². The number of carbonyl (C=O) groups excluding carboxylic acids is 1. The predicted octanol–water partition coefficient (Wildman–Crippen LogP) is 2.43. The van der Waals surface area contributed by atoms with Gasteiger partial charge >= 0.3 is 0 Å². The van der Waals surface area contributed by atoms with Gasteiger partial charge in [0.05, 0.1) is 11.7 Å². The number of benzene rings is 1. The molecule has 120 valence electrons. The molecular formula is C18H20FN3O. The highest BCUT2D eigenvalue weighted by Gasteiger charge is 2.25. The first-order valence-electron chi connectivity index (χ1n) is 7.91. The predicted molar refractivity (Wildman–Crippen MR) is 86.2 cm³/mol. The van der Waals surface area contributed by atoms with Crippen LogP contribution in [0.4, 0.5) is 4.39 Å². The number of carbonyl (C=O) groups is 1. The fourth-order valence-corrected chi connectivity index (χ4v) is 2.91. The van der Waals surface area contributed by atoms with E-state index in [0.717, 1.165) is 25.9 Å². The average Bonchev–Trinajstić information content (AvgIpc) is 2.61. The second kappa shape index (κ2) is 7.33. The molecule has 1 aliphatic rings. The van der Waals surface area contributed by atoms with Crippen LogP contribution in [0.1, 0.15) is 30.1 Å². The standard InChI is InChI=1S/C18H20FN3O/c19-15-5-3-4-14(12-15)17(16-6-1-2-9-21-16)22-18(23)13-7-10-20-11-8-13/h1-6,9,12-13,17,20H,7-8,10-11H2,(H,22,23). The Hall–Kier alpha value is -2.27. The quantitative estimate of drug-likeness (QED) is 0.911. The van der Waals surface area contributed by atoms with E-state index in [-0.39, 0.29) is 17.6 Å². The highest BCUT2D eigenvalue weighted by molar-refractivity contribution is 5.79. The Morgan fingerprint density at radius 2 is 2.04 bits per heavy atom. The van der Waals surface area contributed by atoms with Crippen molar-refractivity contribution in [2.24, 2.45) is 5.92 Å². The number of piperidine rings is 1. The van der Waals surface area contributed by atoms with Crippen molar-refractivity contribution in [1.29, 1.82) is 0 Å². The summed E-state index contributed by atoms with van der Waals surface area (Å²) in [5.74, 6) is -0.318. The summed E-state index contributed by atoms with van der Waals surface area (Å²) in [5, 5.41) is 6.30. The molecule has 23 heavy (non-hydrogen) atoms. The van der Waals surface area contributed by atoms with Crippen LogP contribution in [0, 0.1) is 11.7 Å². The van der Waals surface area contributed by atoms with E-state index in [9.17, 15) is 9.18 Å². The molecule has 0 radical (unpaired) electrons. The van der Waals surface area contributed by atoms with Gasteiger partial charge in [0.25, 0.3) is 0 Å². The van der Waals surface area contributed by atoms with E-state index >= 15 is 0 Å². The van der Waals surface area contributed by atoms with Gasteiger partial charge in [0.2, 0.25) is 5.91 Å². The molecule has 1 unspecified atom stereocenters. The summed E-state index contributed by atoms with van der Waals surface area (Å²) in [6, 6.07) is 11.4. The van der Waals surface area contributed by atoms with Gasteiger partial charge < -0.3 is 10.6 Å². The fraction of sp³-hybridized carbons (Fsp3) is 0.333. The third kappa shape index (κ3) is 3.93. The third-order valence-electron chi connectivity index (χ3n) is 4.16. The van der Waals surface area contributed by atoms with Gasteiger partial charge in [-0.15, -0.1) is 0 Å². The number of aromatic nitrogens is 1. The van der Waals surface area contributed by atoms with Crippen molar-refractivity contribution in [3.05, 3.63) is 65.7 Å². The molecule has 2 aromatic rings. The van der Waals surface area contributed by atoms with Crippen LogP contribution in [0.25, 0.3) is 0 Å². The van der Waals surface area contributed by atoms with Gasteiger partial charge in [-0.25, -0.2) is 4.39 Å². The summed E-state index contributed by atoms with van der Waals surface area (Å²) < 4.78 is 13.6. The van der Waals surface area contributed by atoms with Crippen LogP contribution in [0.2, 0.25) is 0 Å². The van der Waals surface area contributed by atoms with Crippen molar-refractivity contribution < 1.29 is 9.18 Å². The first-order valence-corrected chi connectivity index (χ1v) is 7.91.